The van der Waals surface area contributed by atoms with Crippen LogP contribution in [-0.2, 0) is 0 Å². The average molecular weight is 202 g/mol. The number of halogens is 1. The standard InChI is InChI=1S/C11H23FN2/c1-3-5-7-13-9-10-14(11(13)12)8-6-4-2/h11H,3-10H2,1-2H3. The molecule has 3 heteroatoms. The van der Waals surface area contributed by atoms with Crippen LogP contribution in [0.15, 0.2) is 0 Å². The Kier molecular flexibility index (Phi) is 5.41. The molecule has 0 aliphatic carbocycles. The minimum absolute atomic E-state index is 0.812. The third-order valence-electron chi connectivity index (χ3n) is 2.87. The van der Waals surface area contributed by atoms with Gasteiger partial charge in [0, 0.05) is 26.2 Å². The highest BCUT2D eigenvalue weighted by molar-refractivity contribution is 4.74. The first-order chi connectivity index (χ1) is 6.79. The zero-order valence-corrected chi connectivity index (χ0v) is 9.51. The predicted octanol–water partition coefficient (Wildman–Crippen LogP) is 2.46. The van der Waals surface area contributed by atoms with E-state index >= 15 is 0 Å². The number of hydrogen-bond donors (Lipinski definition) is 0. The lowest BCUT2D eigenvalue weighted by Gasteiger charge is -2.22. The fraction of sp³-hybridized carbons (Fsp3) is 1.00. The van der Waals surface area contributed by atoms with Gasteiger partial charge in [0.1, 0.15) is 0 Å². The SMILES string of the molecule is CCCCN1CCN(CCCC)C1F. The van der Waals surface area contributed by atoms with Gasteiger partial charge in [-0.3, -0.25) is 9.80 Å². The largest absolute Gasteiger partial charge is 0.260 e. The number of unbranched alkanes of at least 4 members (excludes halogenated alkanes) is 2. The van der Waals surface area contributed by atoms with Crippen LogP contribution in [0.25, 0.3) is 0 Å². The Balaban J connectivity index is 2.24. The molecule has 0 bridgehead atoms. The molecule has 0 N–H and O–H groups in total. The van der Waals surface area contributed by atoms with Gasteiger partial charge in [0.2, 0.25) is 6.42 Å². The quantitative estimate of drug-likeness (QED) is 0.610. The van der Waals surface area contributed by atoms with Gasteiger partial charge in [-0.25, -0.2) is 4.39 Å². The minimum Gasteiger partial charge on any atom is -0.260 e. The van der Waals surface area contributed by atoms with Gasteiger partial charge in [-0.05, 0) is 12.8 Å². The molecule has 1 saturated heterocycles. The lowest BCUT2D eigenvalue weighted by atomic mass is 10.3. The van der Waals surface area contributed by atoms with E-state index in [2.05, 4.69) is 13.8 Å². The van der Waals surface area contributed by atoms with Gasteiger partial charge in [-0.15, -0.1) is 0 Å². The summed E-state index contributed by atoms with van der Waals surface area (Å²) in [5, 5.41) is 0. The molecule has 0 aromatic carbocycles. The van der Waals surface area contributed by atoms with Gasteiger partial charge in [0.15, 0.2) is 0 Å². The second kappa shape index (κ2) is 6.36. The van der Waals surface area contributed by atoms with Crippen molar-refractivity contribution in [1.29, 1.82) is 0 Å². The van der Waals surface area contributed by atoms with Crippen LogP contribution in [0.3, 0.4) is 0 Å². The molecule has 0 saturated carbocycles. The monoisotopic (exact) mass is 202 g/mol. The van der Waals surface area contributed by atoms with Gasteiger partial charge in [0.05, 0.1) is 0 Å². The second-order valence-corrected chi connectivity index (χ2v) is 4.09. The first-order valence-electron chi connectivity index (χ1n) is 5.91. The van der Waals surface area contributed by atoms with Crippen LogP contribution in [0.4, 0.5) is 4.39 Å². The van der Waals surface area contributed by atoms with Crippen molar-refractivity contribution in [2.24, 2.45) is 0 Å². The van der Waals surface area contributed by atoms with Gasteiger partial charge in [-0.2, -0.15) is 0 Å². The summed E-state index contributed by atoms with van der Waals surface area (Å²) >= 11 is 0. The number of hydrogen-bond acceptors (Lipinski definition) is 2. The van der Waals surface area contributed by atoms with Crippen LogP contribution < -0.4 is 0 Å². The van der Waals surface area contributed by atoms with E-state index in [9.17, 15) is 4.39 Å². The van der Waals surface area contributed by atoms with Crippen molar-refractivity contribution in [3.05, 3.63) is 0 Å². The fourth-order valence-corrected chi connectivity index (χ4v) is 1.86. The second-order valence-electron chi connectivity index (χ2n) is 4.09. The zero-order valence-electron chi connectivity index (χ0n) is 9.51. The van der Waals surface area contributed by atoms with Gasteiger partial charge < -0.3 is 0 Å². The Morgan fingerprint density at radius 2 is 1.43 bits per heavy atom. The summed E-state index contributed by atoms with van der Waals surface area (Å²) in [6.07, 6.45) is 3.72. The lowest BCUT2D eigenvalue weighted by Crippen LogP contribution is -2.35. The molecule has 1 heterocycles. The summed E-state index contributed by atoms with van der Waals surface area (Å²) in [4.78, 5) is 3.92. The van der Waals surface area contributed by atoms with Crippen molar-refractivity contribution in [3.63, 3.8) is 0 Å². The van der Waals surface area contributed by atoms with Crippen molar-refractivity contribution < 1.29 is 4.39 Å². The molecule has 0 atom stereocenters. The molecule has 1 aliphatic rings. The van der Waals surface area contributed by atoms with Crippen molar-refractivity contribution >= 4 is 0 Å². The van der Waals surface area contributed by atoms with E-state index in [1.807, 2.05) is 9.80 Å². The molecular formula is C11H23FN2. The molecule has 84 valence electrons. The molecular weight excluding hydrogens is 179 g/mol. The highest BCUT2D eigenvalue weighted by Gasteiger charge is 2.30. The van der Waals surface area contributed by atoms with E-state index in [-0.39, 0.29) is 0 Å². The normalized spacial score (nSPS) is 20.8. The Morgan fingerprint density at radius 3 is 1.79 bits per heavy atom. The molecule has 0 radical (unpaired) electrons. The zero-order chi connectivity index (χ0) is 10.4. The fourth-order valence-electron chi connectivity index (χ4n) is 1.86. The molecule has 2 nitrogen and oxygen atoms in total. The molecule has 0 aromatic rings. The maximum absolute atomic E-state index is 13.8. The van der Waals surface area contributed by atoms with Crippen molar-refractivity contribution in [3.8, 4) is 0 Å². The molecule has 1 aliphatic heterocycles. The first-order valence-corrected chi connectivity index (χ1v) is 5.91. The maximum atomic E-state index is 13.8. The first kappa shape index (κ1) is 11.9. The Labute approximate surface area is 87.1 Å². The van der Waals surface area contributed by atoms with E-state index in [0.717, 1.165) is 51.9 Å². The summed E-state index contributed by atoms with van der Waals surface area (Å²) in [6, 6.07) is 0. The van der Waals surface area contributed by atoms with Gasteiger partial charge in [-0.1, -0.05) is 26.7 Å². The highest BCUT2D eigenvalue weighted by Crippen LogP contribution is 2.16. The summed E-state index contributed by atoms with van der Waals surface area (Å²) in [6.45, 7) is 7.95. The van der Waals surface area contributed by atoms with Gasteiger partial charge >= 0.3 is 0 Å². The minimum atomic E-state index is -0.812. The van der Waals surface area contributed by atoms with E-state index in [4.69, 9.17) is 0 Å². The highest BCUT2D eigenvalue weighted by atomic mass is 19.1. The van der Waals surface area contributed by atoms with Crippen molar-refractivity contribution in [1.82, 2.24) is 9.80 Å². The van der Waals surface area contributed by atoms with Gasteiger partial charge in [0.25, 0.3) is 0 Å². The van der Waals surface area contributed by atoms with Crippen LogP contribution in [0, 0.1) is 0 Å². The maximum Gasteiger partial charge on any atom is 0.210 e. The van der Waals surface area contributed by atoms with Crippen molar-refractivity contribution in [2.75, 3.05) is 26.2 Å². The van der Waals surface area contributed by atoms with Crippen LogP contribution in [0.1, 0.15) is 39.5 Å². The number of rotatable bonds is 6. The van der Waals surface area contributed by atoms with Crippen molar-refractivity contribution in [2.45, 2.75) is 46.0 Å². The summed E-state index contributed by atoms with van der Waals surface area (Å²) in [5.74, 6) is 0. The average Bonchev–Trinajstić information content (AvgIpc) is 2.54. The van der Waals surface area contributed by atoms with E-state index in [0.29, 0.717) is 0 Å². The van der Waals surface area contributed by atoms with Crippen LogP contribution in [-0.4, -0.2) is 42.4 Å². The Hall–Kier alpha value is -0.150. The summed E-state index contributed by atoms with van der Waals surface area (Å²) in [7, 11) is 0. The lowest BCUT2D eigenvalue weighted by molar-refractivity contribution is 0.0160. The van der Waals surface area contributed by atoms with E-state index in [1.165, 1.54) is 0 Å². The smallest absolute Gasteiger partial charge is 0.210 e. The van der Waals surface area contributed by atoms with E-state index in [1.54, 1.807) is 0 Å². The molecule has 0 spiro atoms. The van der Waals surface area contributed by atoms with Crippen LogP contribution in [0.5, 0.6) is 0 Å². The molecule has 1 rings (SSSR count). The molecule has 0 amide bonds. The number of alkyl halides is 1. The predicted molar refractivity (Wildman–Crippen MR) is 57.9 cm³/mol. The van der Waals surface area contributed by atoms with E-state index < -0.39 is 6.42 Å². The Morgan fingerprint density at radius 1 is 1.00 bits per heavy atom. The van der Waals surface area contributed by atoms with Crippen LogP contribution in [0.2, 0.25) is 0 Å². The summed E-state index contributed by atoms with van der Waals surface area (Å²) in [5.41, 5.74) is 0. The summed E-state index contributed by atoms with van der Waals surface area (Å²) < 4.78 is 13.8. The Bertz CT molecular complexity index is 136. The molecule has 0 unspecified atom stereocenters. The van der Waals surface area contributed by atoms with Crippen LogP contribution >= 0.6 is 0 Å². The molecule has 0 aromatic heterocycles. The number of nitrogens with zero attached hydrogens (tertiary/aromatic N) is 2. The third-order valence-corrected chi connectivity index (χ3v) is 2.87. The third kappa shape index (κ3) is 3.21. The molecule has 14 heavy (non-hydrogen) atoms. The topological polar surface area (TPSA) is 6.48 Å². The molecule has 1 fully saturated rings.